The third-order valence-electron chi connectivity index (χ3n) is 3.49. The molecule has 2 aromatic rings. The van der Waals surface area contributed by atoms with Crippen molar-refractivity contribution in [1.82, 2.24) is 20.2 Å². The van der Waals surface area contributed by atoms with E-state index in [0.29, 0.717) is 6.04 Å². The molecule has 0 atom stereocenters. The Kier molecular flexibility index (Phi) is 4.32. The molecule has 1 aliphatic heterocycles. The van der Waals surface area contributed by atoms with Gasteiger partial charge in [-0.2, -0.15) is 0 Å². The predicted molar refractivity (Wildman–Crippen MR) is 77.6 cm³/mol. The first kappa shape index (κ1) is 13.6. The van der Waals surface area contributed by atoms with Crippen LogP contribution in [0.25, 0.3) is 0 Å². The predicted octanol–water partition coefficient (Wildman–Crippen LogP) is 2.63. The van der Waals surface area contributed by atoms with Gasteiger partial charge in [0.25, 0.3) is 0 Å². The van der Waals surface area contributed by atoms with Gasteiger partial charge in [-0.3, -0.25) is 0 Å². The lowest BCUT2D eigenvalue weighted by Gasteiger charge is -2.22. The largest absolute Gasteiger partial charge is 0.381 e. The van der Waals surface area contributed by atoms with Crippen molar-refractivity contribution in [1.29, 1.82) is 0 Å². The van der Waals surface area contributed by atoms with E-state index in [4.69, 9.17) is 4.74 Å². The van der Waals surface area contributed by atoms with E-state index in [9.17, 15) is 0 Å². The zero-order valence-corrected chi connectivity index (χ0v) is 12.3. The summed E-state index contributed by atoms with van der Waals surface area (Å²) in [6.07, 6.45) is 1.98. The molecule has 3 rings (SSSR count). The van der Waals surface area contributed by atoms with Crippen LogP contribution in [0, 0.1) is 6.92 Å². The monoisotopic (exact) mass is 290 g/mol. The van der Waals surface area contributed by atoms with Crippen molar-refractivity contribution in [3.05, 3.63) is 35.4 Å². The second-order valence-electron chi connectivity index (χ2n) is 5.02. The third-order valence-corrected chi connectivity index (χ3v) is 4.49. The Labute approximate surface area is 122 Å². The van der Waals surface area contributed by atoms with Gasteiger partial charge in [-0.1, -0.05) is 41.6 Å². The molecule has 0 N–H and O–H groups in total. The molecule has 0 spiro atoms. The van der Waals surface area contributed by atoms with Crippen LogP contribution in [0.1, 0.15) is 30.0 Å². The van der Waals surface area contributed by atoms with E-state index < -0.39 is 0 Å². The molecular formula is C14H18N4OS. The Hall–Kier alpha value is -1.40. The zero-order valence-electron chi connectivity index (χ0n) is 11.5. The number of aryl methyl sites for hydroxylation is 1. The Morgan fingerprint density at radius 3 is 2.75 bits per heavy atom. The molecule has 1 saturated heterocycles. The fraction of sp³-hybridized carbons (Fsp3) is 0.500. The maximum Gasteiger partial charge on any atom is 0.209 e. The zero-order chi connectivity index (χ0) is 13.8. The Morgan fingerprint density at radius 2 is 2.00 bits per heavy atom. The molecule has 6 heteroatoms. The highest BCUT2D eigenvalue weighted by Gasteiger charge is 2.20. The highest BCUT2D eigenvalue weighted by atomic mass is 32.2. The van der Waals surface area contributed by atoms with E-state index in [1.165, 1.54) is 11.1 Å². The molecule has 0 amide bonds. The summed E-state index contributed by atoms with van der Waals surface area (Å²) >= 11 is 1.69. The van der Waals surface area contributed by atoms with Crippen molar-refractivity contribution >= 4 is 11.8 Å². The molecule has 0 radical (unpaired) electrons. The minimum Gasteiger partial charge on any atom is -0.381 e. The number of nitrogens with zero attached hydrogens (tertiary/aromatic N) is 4. The molecular weight excluding hydrogens is 272 g/mol. The Bertz CT molecular complexity index is 549. The van der Waals surface area contributed by atoms with Crippen molar-refractivity contribution in [2.45, 2.75) is 36.7 Å². The van der Waals surface area contributed by atoms with Gasteiger partial charge in [0.2, 0.25) is 5.16 Å². The van der Waals surface area contributed by atoms with E-state index in [1.807, 2.05) is 4.68 Å². The van der Waals surface area contributed by atoms with E-state index in [1.54, 1.807) is 11.8 Å². The van der Waals surface area contributed by atoms with E-state index in [2.05, 4.69) is 46.7 Å². The molecule has 1 aliphatic rings. The lowest BCUT2D eigenvalue weighted by Crippen LogP contribution is -2.21. The standard InChI is InChI=1S/C14H18N4OS/c1-11-2-4-12(5-3-11)10-20-14-15-16-17-18(14)13-6-8-19-9-7-13/h2-5,13H,6-10H2,1H3. The summed E-state index contributed by atoms with van der Waals surface area (Å²) in [5.74, 6) is 0.893. The molecule has 0 aliphatic carbocycles. The number of rotatable bonds is 4. The highest BCUT2D eigenvalue weighted by Crippen LogP contribution is 2.26. The van der Waals surface area contributed by atoms with Crippen LogP contribution < -0.4 is 0 Å². The van der Waals surface area contributed by atoms with Gasteiger partial charge in [0.05, 0.1) is 6.04 Å². The van der Waals surface area contributed by atoms with Crippen molar-refractivity contribution in [2.24, 2.45) is 0 Å². The van der Waals surface area contributed by atoms with Crippen LogP contribution in [-0.2, 0) is 10.5 Å². The molecule has 1 aromatic heterocycles. The lowest BCUT2D eigenvalue weighted by atomic mass is 10.1. The fourth-order valence-electron chi connectivity index (χ4n) is 2.27. The normalized spacial score (nSPS) is 16.4. The topological polar surface area (TPSA) is 52.8 Å². The SMILES string of the molecule is Cc1ccc(CSc2nnnn2C2CCOCC2)cc1. The molecule has 20 heavy (non-hydrogen) atoms. The van der Waals surface area contributed by atoms with Crippen LogP contribution in [0.2, 0.25) is 0 Å². The van der Waals surface area contributed by atoms with E-state index >= 15 is 0 Å². The first-order chi connectivity index (χ1) is 9.83. The minimum atomic E-state index is 0.374. The summed E-state index contributed by atoms with van der Waals surface area (Å²) in [4.78, 5) is 0. The van der Waals surface area contributed by atoms with Crippen molar-refractivity contribution in [3.8, 4) is 0 Å². The molecule has 5 nitrogen and oxygen atoms in total. The summed E-state index contributed by atoms with van der Waals surface area (Å²) in [6.45, 7) is 3.70. The van der Waals surface area contributed by atoms with Crippen LogP contribution >= 0.6 is 11.8 Å². The van der Waals surface area contributed by atoms with Crippen molar-refractivity contribution < 1.29 is 4.74 Å². The number of thioether (sulfide) groups is 1. The van der Waals surface area contributed by atoms with Gasteiger partial charge in [-0.15, -0.1) is 5.10 Å². The number of tetrazole rings is 1. The number of benzene rings is 1. The highest BCUT2D eigenvalue weighted by molar-refractivity contribution is 7.98. The molecule has 2 heterocycles. The van der Waals surface area contributed by atoms with Crippen molar-refractivity contribution in [2.75, 3.05) is 13.2 Å². The summed E-state index contributed by atoms with van der Waals surface area (Å²) in [6, 6.07) is 8.96. The summed E-state index contributed by atoms with van der Waals surface area (Å²) in [7, 11) is 0. The van der Waals surface area contributed by atoms with Gasteiger partial charge in [-0.05, 0) is 35.8 Å². The maximum atomic E-state index is 5.39. The van der Waals surface area contributed by atoms with Gasteiger partial charge in [0, 0.05) is 19.0 Å². The number of ether oxygens (including phenoxy) is 1. The van der Waals surface area contributed by atoms with Gasteiger partial charge < -0.3 is 4.74 Å². The van der Waals surface area contributed by atoms with Crippen LogP contribution in [0.15, 0.2) is 29.4 Å². The minimum absolute atomic E-state index is 0.374. The Morgan fingerprint density at radius 1 is 1.25 bits per heavy atom. The van der Waals surface area contributed by atoms with Crippen molar-refractivity contribution in [3.63, 3.8) is 0 Å². The average molecular weight is 290 g/mol. The molecule has 1 fully saturated rings. The van der Waals surface area contributed by atoms with Crippen LogP contribution in [0.4, 0.5) is 0 Å². The quantitative estimate of drug-likeness (QED) is 0.810. The van der Waals surface area contributed by atoms with Crippen LogP contribution in [-0.4, -0.2) is 33.4 Å². The molecule has 106 valence electrons. The van der Waals surface area contributed by atoms with Crippen LogP contribution in [0.3, 0.4) is 0 Å². The lowest BCUT2D eigenvalue weighted by molar-refractivity contribution is 0.0631. The van der Waals surface area contributed by atoms with E-state index in [-0.39, 0.29) is 0 Å². The van der Waals surface area contributed by atoms with Gasteiger partial charge in [0.15, 0.2) is 0 Å². The first-order valence-corrected chi connectivity index (χ1v) is 7.85. The number of hydrogen-bond donors (Lipinski definition) is 0. The third kappa shape index (κ3) is 3.19. The van der Waals surface area contributed by atoms with Gasteiger partial charge >= 0.3 is 0 Å². The molecule has 0 unspecified atom stereocenters. The van der Waals surface area contributed by atoms with Gasteiger partial charge in [-0.25, -0.2) is 4.68 Å². The fourth-order valence-corrected chi connectivity index (χ4v) is 3.17. The number of aromatic nitrogens is 4. The Balaban J connectivity index is 1.65. The first-order valence-electron chi connectivity index (χ1n) is 6.87. The number of hydrogen-bond acceptors (Lipinski definition) is 5. The second kappa shape index (κ2) is 6.37. The maximum absolute atomic E-state index is 5.39. The smallest absolute Gasteiger partial charge is 0.209 e. The average Bonchev–Trinajstić information content (AvgIpc) is 2.96. The molecule has 0 bridgehead atoms. The second-order valence-corrected chi connectivity index (χ2v) is 5.97. The van der Waals surface area contributed by atoms with Crippen LogP contribution in [0.5, 0.6) is 0 Å². The van der Waals surface area contributed by atoms with E-state index in [0.717, 1.165) is 37.0 Å². The van der Waals surface area contributed by atoms with Gasteiger partial charge in [0.1, 0.15) is 0 Å². The molecule has 0 saturated carbocycles. The molecule has 1 aromatic carbocycles. The summed E-state index contributed by atoms with van der Waals surface area (Å²) in [5.41, 5.74) is 2.58. The summed E-state index contributed by atoms with van der Waals surface area (Å²) in [5, 5.41) is 13.0. The summed E-state index contributed by atoms with van der Waals surface area (Å²) < 4.78 is 7.35.